The van der Waals surface area contributed by atoms with E-state index in [-0.39, 0.29) is 6.61 Å². The topological polar surface area (TPSA) is 170 Å². The molecule has 158 valence electrons. The molecule has 28 heavy (non-hydrogen) atoms. The predicted molar refractivity (Wildman–Crippen MR) is 89.2 cm³/mol. The van der Waals surface area contributed by atoms with Gasteiger partial charge in [0.2, 0.25) is 12.2 Å². The molecule has 1 aliphatic heterocycles. The fourth-order valence-electron chi connectivity index (χ4n) is 2.56. The molecule has 0 aromatic rings. The zero-order valence-electron chi connectivity index (χ0n) is 16.0. The Kier molecular flexibility index (Phi) is 8.79. The van der Waals surface area contributed by atoms with Gasteiger partial charge in [-0.05, 0) is 0 Å². The number of hydrogen-bond acceptors (Lipinski definition) is 11. The molecule has 0 spiro atoms. The van der Waals surface area contributed by atoms with E-state index in [4.69, 9.17) is 29.4 Å². The van der Waals surface area contributed by atoms with Gasteiger partial charge in [0.15, 0.2) is 12.2 Å². The summed E-state index contributed by atoms with van der Waals surface area (Å²) in [5.74, 6) is -3.56. The number of carbonyl (C=O) groups is 5. The number of rotatable bonds is 7. The minimum atomic E-state index is -1.43. The highest BCUT2D eigenvalue weighted by Gasteiger charge is 2.52. The average Bonchev–Trinajstić information content (AvgIpc) is 2.56. The van der Waals surface area contributed by atoms with Crippen molar-refractivity contribution >= 4 is 29.8 Å². The van der Waals surface area contributed by atoms with Gasteiger partial charge in [-0.15, -0.1) is 0 Å². The molecule has 1 heterocycles. The molecule has 1 fully saturated rings. The van der Waals surface area contributed by atoms with Crippen LogP contribution >= 0.6 is 0 Å². The van der Waals surface area contributed by atoms with Crippen LogP contribution in [0.25, 0.3) is 0 Å². The van der Waals surface area contributed by atoms with Crippen molar-refractivity contribution in [2.75, 3.05) is 13.2 Å². The molecule has 1 saturated heterocycles. The second-order valence-electron chi connectivity index (χ2n) is 5.90. The second kappa shape index (κ2) is 10.6. The lowest BCUT2D eigenvalue weighted by molar-refractivity contribution is -0.271. The number of hydrogen-bond donors (Lipinski definition) is 2. The van der Waals surface area contributed by atoms with E-state index in [9.17, 15) is 24.0 Å². The van der Waals surface area contributed by atoms with E-state index in [2.05, 4.69) is 5.32 Å². The van der Waals surface area contributed by atoms with Crippen molar-refractivity contribution in [3.05, 3.63) is 0 Å². The van der Waals surface area contributed by atoms with Crippen LogP contribution in [0.3, 0.4) is 0 Å². The Morgan fingerprint density at radius 2 is 1.39 bits per heavy atom. The Morgan fingerprint density at radius 3 is 1.86 bits per heavy atom. The molecule has 1 aliphatic rings. The van der Waals surface area contributed by atoms with Crippen molar-refractivity contribution in [3.8, 4) is 0 Å². The Bertz CT molecular complexity index is 623. The molecule has 1 amide bonds. The molecular weight excluding hydrogens is 380 g/mol. The summed E-state index contributed by atoms with van der Waals surface area (Å²) in [4.78, 5) is 57.6. The first kappa shape index (κ1) is 23.3. The maximum atomic E-state index is 11.8. The van der Waals surface area contributed by atoms with Gasteiger partial charge in [0.1, 0.15) is 18.8 Å². The summed E-state index contributed by atoms with van der Waals surface area (Å²) in [6.07, 6.45) is -5.15. The van der Waals surface area contributed by atoms with Crippen molar-refractivity contribution in [2.24, 2.45) is 5.73 Å². The van der Waals surface area contributed by atoms with Gasteiger partial charge in [0.05, 0.1) is 6.54 Å². The first-order valence-corrected chi connectivity index (χ1v) is 8.35. The van der Waals surface area contributed by atoms with Gasteiger partial charge >= 0.3 is 23.9 Å². The van der Waals surface area contributed by atoms with Gasteiger partial charge in [0, 0.05) is 27.7 Å². The largest absolute Gasteiger partial charge is 0.463 e. The zero-order valence-corrected chi connectivity index (χ0v) is 16.0. The molecule has 0 aromatic heterocycles. The van der Waals surface area contributed by atoms with Crippen LogP contribution in [0.4, 0.5) is 0 Å². The molecule has 0 saturated carbocycles. The van der Waals surface area contributed by atoms with Crippen LogP contribution in [0.1, 0.15) is 27.7 Å². The van der Waals surface area contributed by atoms with Gasteiger partial charge in [-0.1, -0.05) is 0 Å². The van der Waals surface area contributed by atoms with Crippen molar-refractivity contribution in [1.82, 2.24) is 5.32 Å². The Hall–Kier alpha value is -2.73. The van der Waals surface area contributed by atoms with E-state index in [1.54, 1.807) is 0 Å². The van der Waals surface area contributed by atoms with Crippen molar-refractivity contribution < 1.29 is 47.7 Å². The smallest absolute Gasteiger partial charge is 0.305 e. The number of ether oxygens (including phenoxy) is 5. The zero-order chi connectivity index (χ0) is 21.4. The van der Waals surface area contributed by atoms with E-state index in [1.165, 1.54) is 0 Å². The number of carbonyl (C=O) groups excluding carboxylic acids is 5. The van der Waals surface area contributed by atoms with Crippen LogP contribution < -0.4 is 11.1 Å². The third-order valence-corrected chi connectivity index (χ3v) is 3.50. The van der Waals surface area contributed by atoms with E-state index in [1.807, 2.05) is 0 Å². The lowest BCUT2D eigenvalue weighted by atomic mass is 9.96. The highest BCUT2D eigenvalue weighted by atomic mass is 16.7. The summed E-state index contributed by atoms with van der Waals surface area (Å²) in [5, 5.41) is 2.43. The number of nitrogens with one attached hydrogen (secondary N) is 1. The van der Waals surface area contributed by atoms with E-state index < -0.39 is 67.0 Å². The monoisotopic (exact) mass is 404 g/mol. The van der Waals surface area contributed by atoms with E-state index in [0.29, 0.717) is 0 Å². The van der Waals surface area contributed by atoms with Crippen LogP contribution in [0.2, 0.25) is 0 Å². The summed E-state index contributed by atoms with van der Waals surface area (Å²) in [6.45, 7) is 3.67. The van der Waals surface area contributed by atoms with E-state index >= 15 is 0 Å². The maximum Gasteiger partial charge on any atom is 0.305 e. The lowest BCUT2D eigenvalue weighted by Crippen LogP contribution is -2.67. The first-order valence-electron chi connectivity index (χ1n) is 8.35. The molecule has 0 aromatic carbocycles. The minimum Gasteiger partial charge on any atom is -0.463 e. The Morgan fingerprint density at radius 1 is 0.857 bits per heavy atom. The molecule has 0 bridgehead atoms. The minimum absolute atomic E-state index is 0.389. The summed E-state index contributed by atoms with van der Waals surface area (Å²) >= 11 is 0. The second-order valence-corrected chi connectivity index (χ2v) is 5.90. The normalized spacial score (nSPS) is 26.5. The van der Waals surface area contributed by atoms with Crippen LogP contribution in [0.15, 0.2) is 0 Å². The molecule has 3 N–H and O–H groups in total. The van der Waals surface area contributed by atoms with Crippen LogP contribution in [-0.2, 0) is 47.7 Å². The third kappa shape index (κ3) is 7.12. The molecule has 5 unspecified atom stereocenters. The molecule has 0 radical (unpaired) electrons. The molecule has 5 atom stereocenters. The van der Waals surface area contributed by atoms with Crippen LogP contribution in [0.5, 0.6) is 0 Å². The summed E-state index contributed by atoms with van der Waals surface area (Å²) in [5.41, 5.74) is 5.30. The lowest BCUT2D eigenvalue weighted by Gasteiger charge is -2.44. The predicted octanol–water partition coefficient (Wildman–Crippen LogP) is -1.86. The number of nitrogens with two attached hydrogens (primary N) is 1. The van der Waals surface area contributed by atoms with Gasteiger partial charge in [0.25, 0.3) is 0 Å². The summed E-state index contributed by atoms with van der Waals surface area (Å²) < 4.78 is 26.0. The van der Waals surface area contributed by atoms with Crippen molar-refractivity contribution in [3.63, 3.8) is 0 Å². The molecule has 0 aliphatic carbocycles. The highest BCUT2D eigenvalue weighted by molar-refractivity contribution is 5.78. The van der Waals surface area contributed by atoms with Crippen LogP contribution in [0, 0.1) is 0 Å². The standard InChI is InChI=1S/C16H24N2O10/c1-7(19)24-6-11-14(25-8(2)20)15(26-9(3)21)13(18-12(23)5-17)16(28-11)27-10(4)22/h11,13-16H,5-6,17H2,1-4H3,(H,18,23). The van der Waals surface area contributed by atoms with Gasteiger partial charge in [-0.25, -0.2) is 0 Å². The maximum absolute atomic E-state index is 11.8. The Balaban J connectivity index is 3.31. The number of amides is 1. The SMILES string of the molecule is CC(=O)OCC1OC(OC(C)=O)C(NC(=O)CN)C(OC(C)=O)C1OC(C)=O. The van der Waals surface area contributed by atoms with Gasteiger partial charge in [-0.3, -0.25) is 24.0 Å². The first-order chi connectivity index (χ1) is 13.0. The van der Waals surface area contributed by atoms with Crippen molar-refractivity contribution in [1.29, 1.82) is 0 Å². The molecule has 1 rings (SSSR count). The Labute approximate surface area is 160 Å². The quantitative estimate of drug-likeness (QED) is 0.360. The van der Waals surface area contributed by atoms with Gasteiger partial charge in [-0.2, -0.15) is 0 Å². The number of esters is 4. The third-order valence-electron chi connectivity index (χ3n) is 3.50. The van der Waals surface area contributed by atoms with Gasteiger partial charge < -0.3 is 34.7 Å². The highest BCUT2D eigenvalue weighted by Crippen LogP contribution is 2.28. The average molecular weight is 404 g/mol. The van der Waals surface area contributed by atoms with E-state index in [0.717, 1.165) is 27.7 Å². The molecule has 12 heteroatoms. The molecule has 12 nitrogen and oxygen atoms in total. The van der Waals surface area contributed by atoms with Crippen LogP contribution in [-0.4, -0.2) is 73.6 Å². The fourth-order valence-corrected chi connectivity index (χ4v) is 2.56. The summed E-state index contributed by atoms with van der Waals surface area (Å²) in [7, 11) is 0. The molecular formula is C16H24N2O10. The fraction of sp³-hybridized carbons (Fsp3) is 0.688. The summed E-state index contributed by atoms with van der Waals surface area (Å²) in [6, 6.07) is -1.23. The van der Waals surface area contributed by atoms with Crippen molar-refractivity contribution in [2.45, 2.75) is 58.3 Å².